The first-order valence-corrected chi connectivity index (χ1v) is 7.61. The molecule has 0 aromatic carbocycles. The van der Waals surface area contributed by atoms with Crippen molar-refractivity contribution >= 4 is 7.14 Å². The molecule has 0 aromatic rings. The van der Waals surface area contributed by atoms with Gasteiger partial charge in [-0.25, -0.2) is 0 Å². The predicted molar refractivity (Wildman–Crippen MR) is 59.6 cm³/mol. The monoisotopic (exact) mass is 216 g/mol. The van der Waals surface area contributed by atoms with Gasteiger partial charge in [-0.3, -0.25) is 0 Å². The highest BCUT2D eigenvalue weighted by Gasteiger charge is 2.48. The van der Waals surface area contributed by atoms with Crippen molar-refractivity contribution in [2.45, 2.75) is 38.8 Å². The third-order valence-corrected chi connectivity index (χ3v) is 8.38. The molecule has 82 valence electrons. The summed E-state index contributed by atoms with van der Waals surface area (Å²) in [6.45, 7) is 8.21. The fourth-order valence-corrected chi connectivity index (χ4v) is 5.66. The van der Waals surface area contributed by atoms with Crippen LogP contribution in [0.25, 0.3) is 0 Å². The predicted octanol–water partition coefficient (Wildman–Crippen LogP) is 2.96. The van der Waals surface area contributed by atoms with Crippen LogP contribution in [0.5, 0.6) is 0 Å². The lowest BCUT2D eigenvalue weighted by atomic mass is 9.80. The van der Waals surface area contributed by atoms with E-state index in [0.717, 1.165) is 38.4 Å². The first-order chi connectivity index (χ1) is 6.37. The molecule has 0 radical (unpaired) electrons. The minimum Gasteiger partial charge on any atom is -0.380 e. The molecular weight excluding hydrogens is 195 g/mol. The zero-order valence-electron chi connectivity index (χ0n) is 9.51. The van der Waals surface area contributed by atoms with E-state index in [4.69, 9.17) is 4.74 Å². The molecule has 2 rings (SSSR count). The van der Waals surface area contributed by atoms with E-state index in [2.05, 4.69) is 20.8 Å². The van der Waals surface area contributed by atoms with Crippen molar-refractivity contribution in [3.63, 3.8) is 0 Å². The van der Waals surface area contributed by atoms with E-state index in [-0.39, 0.29) is 5.16 Å². The van der Waals surface area contributed by atoms with Gasteiger partial charge in [-0.15, -0.1) is 0 Å². The van der Waals surface area contributed by atoms with E-state index in [0.29, 0.717) is 5.41 Å². The maximum Gasteiger partial charge on any atom is 0.0928 e. The van der Waals surface area contributed by atoms with Crippen molar-refractivity contribution in [2.75, 3.05) is 25.5 Å². The molecule has 0 aromatic heterocycles. The summed E-state index contributed by atoms with van der Waals surface area (Å²) in [5.41, 5.74) is 0.430. The van der Waals surface area contributed by atoms with Crippen LogP contribution in [0.3, 0.4) is 0 Å². The Labute approximate surface area is 86.8 Å². The summed E-state index contributed by atoms with van der Waals surface area (Å²) in [6, 6.07) is 0. The summed E-state index contributed by atoms with van der Waals surface area (Å²) in [7, 11) is -1.91. The lowest BCUT2D eigenvalue weighted by Gasteiger charge is -2.48. The second-order valence-electron chi connectivity index (χ2n) is 6.00. The van der Waals surface area contributed by atoms with Gasteiger partial charge >= 0.3 is 0 Å². The van der Waals surface area contributed by atoms with E-state index < -0.39 is 7.14 Å². The summed E-state index contributed by atoms with van der Waals surface area (Å²) in [6.07, 6.45) is 4.14. The molecule has 2 saturated heterocycles. The lowest BCUT2D eigenvalue weighted by Crippen LogP contribution is -2.46. The Bertz CT molecular complexity index is 260. The highest BCUT2D eigenvalue weighted by atomic mass is 31.2. The normalized spacial score (nSPS) is 29.9. The number of rotatable bonds is 0. The summed E-state index contributed by atoms with van der Waals surface area (Å²) in [4.78, 5) is 0. The van der Waals surface area contributed by atoms with Crippen molar-refractivity contribution in [1.29, 1.82) is 0 Å². The Kier molecular flexibility index (Phi) is 2.36. The molecular formula is C11H21O2P. The van der Waals surface area contributed by atoms with Crippen LogP contribution < -0.4 is 0 Å². The molecule has 0 bridgehead atoms. The van der Waals surface area contributed by atoms with Crippen molar-refractivity contribution in [1.82, 2.24) is 0 Å². The van der Waals surface area contributed by atoms with E-state index in [9.17, 15) is 4.57 Å². The Morgan fingerprint density at radius 3 is 1.93 bits per heavy atom. The molecule has 14 heavy (non-hydrogen) atoms. The quantitative estimate of drug-likeness (QED) is 0.582. The van der Waals surface area contributed by atoms with Gasteiger partial charge < -0.3 is 9.30 Å². The first kappa shape index (κ1) is 10.7. The Morgan fingerprint density at radius 1 is 1.14 bits per heavy atom. The van der Waals surface area contributed by atoms with Crippen molar-refractivity contribution in [3.05, 3.63) is 0 Å². The van der Waals surface area contributed by atoms with Gasteiger partial charge in [-0.05, 0) is 12.8 Å². The van der Waals surface area contributed by atoms with Gasteiger partial charge in [0.05, 0.1) is 20.4 Å². The van der Waals surface area contributed by atoms with Crippen LogP contribution in [0.1, 0.15) is 33.6 Å². The fraction of sp³-hybridized carbons (Fsp3) is 1.00. The molecule has 2 aliphatic rings. The minimum atomic E-state index is -1.91. The second kappa shape index (κ2) is 3.09. The van der Waals surface area contributed by atoms with Crippen LogP contribution in [0.2, 0.25) is 0 Å². The molecule has 0 unspecified atom stereocenters. The van der Waals surface area contributed by atoms with Gasteiger partial charge in [0.1, 0.15) is 0 Å². The highest BCUT2D eigenvalue weighted by molar-refractivity contribution is 7.65. The van der Waals surface area contributed by atoms with Gasteiger partial charge in [0, 0.05) is 22.9 Å². The van der Waals surface area contributed by atoms with Crippen LogP contribution in [0.4, 0.5) is 0 Å². The molecule has 1 spiro atoms. The summed E-state index contributed by atoms with van der Waals surface area (Å²) >= 11 is 0. The third-order valence-electron chi connectivity index (χ3n) is 4.05. The Balaban J connectivity index is 2.05. The van der Waals surface area contributed by atoms with Crippen LogP contribution in [-0.4, -0.2) is 30.7 Å². The Morgan fingerprint density at radius 2 is 1.64 bits per heavy atom. The van der Waals surface area contributed by atoms with E-state index in [1.807, 2.05) is 0 Å². The largest absolute Gasteiger partial charge is 0.380 e. The Hall–Kier alpha value is 0.190. The van der Waals surface area contributed by atoms with Crippen LogP contribution >= 0.6 is 7.14 Å². The SMILES string of the molecule is CC(C)(C)P1(=O)CCC2(CC1)COC2. The molecule has 2 aliphatic heterocycles. The van der Waals surface area contributed by atoms with E-state index in [1.54, 1.807) is 0 Å². The number of hydrogen-bond donors (Lipinski definition) is 0. The molecule has 2 nitrogen and oxygen atoms in total. The minimum absolute atomic E-state index is 0.0131. The molecule has 0 saturated carbocycles. The van der Waals surface area contributed by atoms with Crippen LogP contribution in [0, 0.1) is 5.41 Å². The van der Waals surface area contributed by atoms with Crippen molar-refractivity contribution in [3.8, 4) is 0 Å². The maximum atomic E-state index is 12.6. The molecule has 3 heteroatoms. The van der Waals surface area contributed by atoms with Crippen LogP contribution in [0.15, 0.2) is 0 Å². The molecule has 2 fully saturated rings. The fourth-order valence-electron chi connectivity index (χ4n) is 2.42. The lowest BCUT2D eigenvalue weighted by molar-refractivity contribution is -0.117. The smallest absolute Gasteiger partial charge is 0.0928 e. The highest BCUT2D eigenvalue weighted by Crippen LogP contribution is 2.64. The van der Waals surface area contributed by atoms with Gasteiger partial charge in [0.25, 0.3) is 0 Å². The molecule has 2 heterocycles. The molecule has 0 aliphatic carbocycles. The average molecular weight is 216 g/mol. The molecule has 0 atom stereocenters. The zero-order chi connectivity index (χ0) is 10.4. The standard InChI is InChI=1S/C11H21O2P/c1-10(2,3)14(12)6-4-11(5-7-14)8-13-9-11/h4-9H2,1-3H3. The summed E-state index contributed by atoms with van der Waals surface area (Å²) in [5, 5.41) is 0.0131. The third kappa shape index (κ3) is 1.57. The summed E-state index contributed by atoms with van der Waals surface area (Å²) in [5.74, 6) is 0. The second-order valence-corrected chi connectivity index (χ2v) is 10.0. The average Bonchev–Trinajstić information content (AvgIpc) is 2.01. The van der Waals surface area contributed by atoms with Gasteiger partial charge in [0.15, 0.2) is 0 Å². The first-order valence-electron chi connectivity index (χ1n) is 5.53. The van der Waals surface area contributed by atoms with Crippen LogP contribution in [-0.2, 0) is 9.30 Å². The van der Waals surface area contributed by atoms with Crippen molar-refractivity contribution < 1.29 is 9.30 Å². The summed E-state index contributed by atoms with van der Waals surface area (Å²) < 4.78 is 17.9. The van der Waals surface area contributed by atoms with Gasteiger partial charge in [-0.2, -0.15) is 0 Å². The number of hydrogen-bond acceptors (Lipinski definition) is 2. The molecule has 0 amide bonds. The topological polar surface area (TPSA) is 26.3 Å². The van der Waals surface area contributed by atoms with Gasteiger partial charge in [0.2, 0.25) is 0 Å². The molecule has 0 N–H and O–H groups in total. The maximum absolute atomic E-state index is 12.6. The zero-order valence-corrected chi connectivity index (χ0v) is 10.4. The van der Waals surface area contributed by atoms with E-state index >= 15 is 0 Å². The number of ether oxygens (including phenoxy) is 1. The van der Waals surface area contributed by atoms with E-state index in [1.165, 1.54) is 0 Å². The van der Waals surface area contributed by atoms with Gasteiger partial charge in [-0.1, -0.05) is 20.8 Å². The van der Waals surface area contributed by atoms with Crippen molar-refractivity contribution in [2.24, 2.45) is 5.41 Å².